The summed E-state index contributed by atoms with van der Waals surface area (Å²) in [6, 6.07) is 9.98. The van der Waals surface area contributed by atoms with Crippen molar-refractivity contribution >= 4 is 29.9 Å². The van der Waals surface area contributed by atoms with Gasteiger partial charge >= 0.3 is 0 Å². The van der Waals surface area contributed by atoms with E-state index in [0.717, 1.165) is 48.1 Å². The zero-order chi connectivity index (χ0) is 18.1. The third-order valence-electron chi connectivity index (χ3n) is 4.15. The van der Waals surface area contributed by atoms with Gasteiger partial charge in [0.1, 0.15) is 5.76 Å². The second-order valence-corrected chi connectivity index (χ2v) is 5.99. The number of nitrogens with zero attached hydrogens (tertiary/aromatic N) is 2. The number of benzene rings is 1. The summed E-state index contributed by atoms with van der Waals surface area (Å²) in [6.45, 7) is 8.05. The molecule has 1 aromatic carbocycles. The van der Waals surface area contributed by atoms with E-state index in [4.69, 9.17) is 4.52 Å². The largest absolute Gasteiger partial charge is 0.396 e. The lowest BCUT2D eigenvalue weighted by Gasteiger charge is -2.15. The van der Waals surface area contributed by atoms with Crippen LogP contribution in [0.4, 0.5) is 0 Å². The number of hydrogen-bond donors (Lipinski definition) is 3. The Labute approximate surface area is 172 Å². The molecule has 0 aliphatic heterocycles. The Morgan fingerprint density at radius 1 is 1.23 bits per heavy atom. The van der Waals surface area contributed by atoms with E-state index >= 15 is 0 Å². The molecule has 0 saturated heterocycles. The van der Waals surface area contributed by atoms with E-state index in [1.165, 1.54) is 0 Å². The Morgan fingerprint density at radius 3 is 2.54 bits per heavy atom. The number of guanidine groups is 1. The number of nitrogens with one attached hydrogen (secondary N) is 2. The molecule has 0 saturated carbocycles. The minimum atomic E-state index is -0.000723. The molecule has 0 fully saturated rings. The Hall–Kier alpha value is -1.61. The molecule has 0 aliphatic carbocycles. The molecule has 1 heterocycles. The molecule has 26 heavy (non-hydrogen) atoms. The lowest BCUT2D eigenvalue weighted by molar-refractivity contribution is 0.268. The highest BCUT2D eigenvalue weighted by molar-refractivity contribution is 14.0. The van der Waals surface area contributed by atoms with E-state index in [-0.39, 0.29) is 36.5 Å². The predicted octanol–water partition coefficient (Wildman–Crippen LogP) is 2.78. The lowest BCUT2D eigenvalue weighted by atomic mass is 10.0. The van der Waals surface area contributed by atoms with E-state index in [0.29, 0.717) is 6.54 Å². The fourth-order valence-corrected chi connectivity index (χ4v) is 2.70. The van der Waals surface area contributed by atoms with Crippen LogP contribution < -0.4 is 10.6 Å². The molecular formula is C19H29IN4O2. The van der Waals surface area contributed by atoms with E-state index in [2.05, 4.69) is 20.8 Å². The molecular weight excluding hydrogens is 443 g/mol. The van der Waals surface area contributed by atoms with Crippen molar-refractivity contribution in [1.82, 2.24) is 15.8 Å². The molecule has 0 radical (unpaired) electrons. The third kappa shape index (κ3) is 6.60. The highest BCUT2D eigenvalue weighted by atomic mass is 127. The molecule has 2 rings (SSSR count). The van der Waals surface area contributed by atoms with Crippen LogP contribution in [0.15, 0.2) is 39.8 Å². The number of hydrogen-bond acceptors (Lipinski definition) is 4. The standard InChI is InChI=1S/C19H28N4O2.HI/c1-4-20-19(21-11-10-18-14(2)23-25-15(18)3)22-12-17(13-24)16-8-6-5-7-9-16;/h5-9,17,24H,4,10-13H2,1-3H3,(H2,20,21,22);1H. The molecule has 0 amide bonds. The Kier molecular flexibility index (Phi) is 10.3. The number of aryl methyl sites for hydroxylation is 2. The number of aliphatic imine (C=N–C) groups is 1. The minimum Gasteiger partial charge on any atom is -0.396 e. The van der Waals surface area contributed by atoms with E-state index in [1.54, 1.807) is 0 Å². The second kappa shape index (κ2) is 11.9. The molecule has 1 aromatic heterocycles. The van der Waals surface area contributed by atoms with Gasteiger partial charge in [0.2, 0.25) is 0 Å². The van der Waals surface area contributed by atoms with Crippen molar-refractivity contribution in [2.24, 2.45) is 4.99 Å². The topological polar surface area (TPSA) is 82.7 Å². The van der Waals surface area contributed by atoms with Crippen molar-refractivity contribution in [2.75, 3.05) is 26.2 Å². The smallest absolute Gasteiger partial charge is 0.191 e. The zero-order valence-electron chi connectivity index (χ0n) is 15.7. The lowest BCUT2D eigenvalue weighted by Crippen LogP contribution is -2.38. The molecule has 0 aliphatic rings. The van der Waals surface area contributed by atoms with Gasteiger partial charge in [0.05, 0.1) is 18.8 Å². The first-order chi connectivity index (χ1) is 12.2. The van der Waals surface area contributed by atoms with Crippen LogP contribution in [-0.2, 0) is 6.42 Å². The molecule has 0 bridgehead atoms. The quantitative estimate of drug-likeness (QED) is 0.313. The van der Waals surface area contributed by atoms with Gasteiger partial charge in [0.25, 0.3) is 0 Å². The summed E-state index contributed by atoms with van der Waals surface area (Å²) in [5.74, 6) is 1.62. The van der Waals surface area contributed by atoms with Crippen LogP contribution >= 0.6 is 24.0 Å². The summed E-state index contributed by atoms with van der Waals surface area (Å²) in [5, 5.41) is 20.2. The predicted molar refractivity (Wildman–Crippen MR) is 115 cm³/mol. The highest BCUT2D eigenvalue weighted by Crippen LogP contribution is 2.15. The molecule has 1 atom stereocenters. The van der Waals surface area contributed by atoms with Crippen molar-refractivity contribution in [1.29, 1.82) is 0 Å². The summed E-state index contributed by atoms with van der Waals surface area (Å²) >= 11 is 0. The number of rotatable bonds is 8. The summed E-state index contributed by atoms with van der Waals surface area (Å²) in [4.78, 5) is 4.62. The minimum absolute atomic E-state index is 0. The van der Waals surface area contributed by atoms with Gasteiger partial charge in [-0.25, -0.2) is 0 Å². The molecule has 7 heteroatoms. The molecule has 144 valence electrons. The number of aromatic nitrogens is 1. The van der Waals surface area contributed by atoms with Gasteiger partial charge in [-0.3, -0.25) is 4.99 Å². The first kappa shape index (κ1) is 22.4. The highest BCUT2D eigenvalue weighted by Gasteiger charge is 2.11. The van der Waals surface area contributed by atoms with Crippen LogP contribution in [0, 0.1) is 13.8 Å². The molecule has 2 aromatic rings. The van der Waals surface area contributed by atoms with E-state index < -0.39 is 0 Å². The Balaban J connectivity index is 0.00000338. The summed E-state index contributed by atoms with van der Waals surface area (Å²) in [6.07, 6.45) is 0.827. The monoisotopic (exact) mass is 472 g/mol. The van der Waals surface area contributed by atoms with E-state index in [9.17, 15) is 5.11 Å². The third-order valence-corrected chi connectivity index (χ3v) is 4.15. The van der Waals surface area contributed by atoms with Crippen LogP contribution in [0.25, 0.3) is 0 Å². The van der Waals surface area contributed by atoms with Gasteiger partial charge in [0.15, 0.2) is 5.96 Å². The first-order valence-corrected chi connectivity index (χ1v) is 8.75. The number of aliphatic hydroxyl groups is 1. The summed E-state index contributed by atoms with van der Waals surface area (Å²) in [7, 11) is 0. The number of aliphatic hydroxyl groups excluding tert-OH is 1. The van der Waals surface area contributed by atoms with Crippen molar-refractivity contribution in [3.8, 4) is 0 Å². The van der Waals surface area contributed by atoms with Crippen LogP contribution in [0.3, 0.4) is 0 Å². The van der Waals surface area contributed by atoms with Crippen molar-refractivity contribution < 1.29 is 9.63 Å². The van der Waals surface area contributed by atoms with Gasteiger partial charge in [-0.2, -0.15) is 0 Å². The number of halogens is 1. The van der Waals surface area contributed by atoms with Crippen LogP contribution in [0.1, 0.15) is 35.4 Å². The first-order valence-electron chi connectivity index (χ1n) is 8.75. The van der Waals surface area contributed by atoms with E-state index in [1.807, 2.05) is 51.1 Å². The van der Waals surface area contributed by atoms with Crippen LogP contribution in [0.2, 0.25) is 0 Å². The maximum Gasteiger partial charge on any atom is 0.191 e. The zero-order valence-corrected chi connectivity index (χ0v) is 18.0. The molecule has 0 spiro atoms. The normalized spacial score (nSPS) is 12.4. The molecule has 3 N–H and O–H groups in total. The fraction of sp³-hybridized carbons (Fsp3) is 0.474. The summed E-state index contributed by atoms with van der Waals surface area (Å²) < 4.78 is 5.19. The maximum atomic E-state index is 9.66. The van der Waals surface area contributed by atoms with Crippen molar-refractivity contribution in [3.63, 3.8) is 0 Å². The average Bonchev–Trinajstić information content (AvgIpc) is 2.95. The van der Waals surface area contributed by atoms with Gasteiger partial charge in [-0.1, -0.05) is 35.5 Å². The summed E-state index contributed by atoms with van der Waals surface area (Å²) in [5.41, 5.74) is 3.17. The van der Waals surface area contributed by atoms with Crippen LogP contribution in [0.5, 0.6) is 0 Å². The average molecular weight is 472 g/mol. The van der Waals surface area contributed by atoms with Gasteiger partial charge < -0.3 is 20.3 Å². The Bertz CT molecular complexity index is 654. The Morgan fingerprint density at radius 2 is 1.96 bits per heavy atom. The van der Waals surface area contributed by atoms with Gasteiger partial charge in [-0.05, 0) is 32.8 Å². The van der Waals surface area contributed by atoms with Crippen LogP contribution in [-0.4, -0.2) is 42.5 Å². The second-order valence-electron chi connectivity index (χ2n) is 5.99. The fourth-order valence-electron chi connectivity index (χ4n) is 2.70. The maximum absolute atomic E-state index is 9.66. The van der Waals surface area contributed by atoms with Crippen molar-refractivity contribution in [3.05, 3.63) is 52.9 Å². The van der Waals surface area contributed by atoms with Gasteiger partial charge in [0, 0.05) is 24.6 Å². The van der Waals surface area contributed by atoms with Crippen molar-refractivity contribution in [2.45, 2.75) is 33.1 Å². The molecule has 6 nitrogen and oxygen atoms in total. The molecule has 1 unspecified atom stereocenters. The van der Waals surface area contributed by atoms with Gasteiger partial charge in [-0.15, -0.1) is 24.0 Å². The SMILES string of the molecule is CCNC(=NCC(CO)c1ccccc1)NCCc1c(C)noc1C.I.